The van der Waals surface area contributed by atoms with Gasteiger partial charge in [0, 0.05) is 21.8 Å². The molecule has 16 heteroatoms. The molecule has 1 N–H and O–H groups in total. The van der Waals surface area contributed by atoms with Gasteiger partial charge in [0.2, 0.25) is 0 Å². The van der Waals surface area contributed by atoms with Crippen LogP contribution in [-0.4, -0.2) is 59.1 Å². The van der Waals surface area contributed by atoms with Gasteiger partial charge < -0.3 is 10.2 Å². The molecule has 1 aromatic carbocycles. The van der Waals surface area contributed by atoms with Crippen LogP contribution in [-0.2, 0) is 20.1 Å². The van der Waals surface area contributed by atoms with Crippen LogP contribution in [0, 0.1) is 6.92 Å². The number of rotatable bonds is 5. The monoisotopic (exact) mass is 584 g/mol. The van der Waals surface area contributed by atoms with E-state index in [0.717, 1.165) is 18.3 Å². The maximum absolute atomic E-state index is 14.2. The number of nitrogens with one attached hydrogen (secondary N) is 1. The molecule has 0 bridgehead atoms. The SMILES string of the molecule is Cc1cc(C2=NOC(c3cc(Cl)cc(Cl)c3)(C(F)(F)F)C2)ncc1C(=O)N[C@@H]1CON(CC(F)(F)F)C1=O. The van der Waals surface area contributed by atoms with Crippen molar-refractivity contribution in [3.8, 4) is 0 Å². The fourth-order valence-corrected chi connectivity index (χ4v) is 4.40. The molecule has 0 saturated carbocycles. The summed E-state index contributed by atoms with van der Waals surface area (Å²) in [4.78, 5) is 38.4. The zero-order valence-corrected chi connectivity index (χ0v) is 20.6. The molecule has 204 valence electrons. The first-order chi connectivity index (χ1) is 17.6. The number of hydroxylamine groups is 2. The molecular formula is C22H16Cl2F6N4O4. The van der Waals surface area contributed by atoms with Crippen molar-refractivity contribution in [2.75, 3.05) is 13.2 Å². The van der Waals surface area contributed by atoms with E-state index in [2.05, 4.69) is 15.5 Å². The lowest BCUT2D eigenvalue weighted by Crippen LogP contribution is -2.44. The van der Waals surface area contributed by atoms with E-state index in [1.54, 1.807) is 0 Å². The van der Waals surface area contributed by atoms with Crippen molar-refractivity contribution >= 4 is 40.7 Å². The molecule has 38 heavy (non-hydrogen) atoms. The molecule has 2 aliphatic heterocycles. The average Bonchev–Trinajstić information content (AvgIpc) is 3.38. The Hall–Kier alpha value is -3.10. The van der Waals surface area contributed by atoms with Gasteiger partial charge in [-0.2, -0.15) is 26.3 Å². The summed E-state index contributed by atoms with van der Waals surface area (Å²) in [6.07, 6.45) is -9.34. The van der Waals surface area contributed by atoms with Crippen molar-refractivity contribution in [1.82, 2.24) is 15.4 Å². The molecule has 3 heterocycles. The summed E-state index contributed by atoms with van der Waals surface area (Å²) in [5.74, 6) is -1.93. The molecule has 1 fully saturated rings. The quantitative estimate of drug-likeness (QED) is 0.514. The number of aryl methyl sites for hydroxylation is 1. The second-order valence-electron chi connectivity index (χ2n) is 8.49. The number of hydrogen-bond acceptors (Lipinski definition) is 6. The molecular weight excluding hydrogens is 569 g/mol. The highest BCUT2D eigenvalue weighted by Gasteiger charge is 2.62. The fraction of sp³-hybridized carbons (Fsp3) is 0.364. The summed E-state index contributed by atoms with van der Waals surface area (Å²) in [5.41, 5.74) is -3.27. The van der Waals surface area contributed by atoms with Crippen LogP contribution in [0.2, 0.25) is 10.0 Å². The molecule has 1 saturated heterocycles. The number of nitrogens with zero attached hydrogens (tertiary/aromatic N) is 3. The van der Waals surface area contributed by atoms with E-state index in [1.807, 2.05) is 0 Å². The number of oxime groups is 1. The van der Waals surface area contributed by atoms with Gasteiger partial charge in [0.05, 0.1) is 17.7 Å². The fourth-order valence-electron chi connectivity index (χ4n) is 3.88. The Morgan fingerprint density at radius 2 is 1.82 bits per heavy atom. The number of benzene rings is 1. The molecule has 1 unspecified atom stereocenters. The number of aromatic nitrogens is 1. The van der Waals surface area contributed by atoms with Gasteiger partial charge >= 0.3 is 12.4 Å². The maximum atomic E-state index is 14.2. The highest BCUT2D eigenvalue weighted by molar-refractivity contribution is 6.34. The first-order valence-electron chi connectivity index (χ1n) is 10.7. The van der Waals surface area contributed by atoms with E-state index in [4.69, 9.17) is 32.9 Å². The molecule has 0 aliphatic carbocycles. The Balaban J connectivity index is 1.51. The Morgan fingerprint density at radius 3 is 2.39 bits per heavy atom. The minimum Gasteiger partial charge on any atom is -0.374 e. The molecule has 2 amide bonds. The third-order valence-electron chi connectivity index (χ3n) is 5.74. The Bertz CT molecular complexity index is 1300. The highest BCUT2D eigenvalue weighted by atomic mass is 35.5. The average molecular weight is 585 g/mol. The van der Waals surface area contributed by atoms with Crippen molar-refractivity contribution < 1.29 is 45.6 Å². The minimum absolute atomic E-state index is 0.0186. The van der Waals surface area contributed by atoms with E-state index in [1.165, 1.54) is 19.1 Å². The van der Waals surface area contributed by atoms with Crippen LogP contribution in [0.4, 0.5) is 26.3 Å². The number of halogens is 8. The van der Waals surface area contributed by atoms with Gasteiger partial charge in [0.1, 0.15) is 24.9 Å². The minimum atomic E-state index is -4.92. The van der Waals surface area contributed by atoms with Crippen LogP contribution in [0.5, 0.6) is 0 Å². The standard InChI is InChI=1S/C22H16Cl2F6N4O4/c1-10-2-15(16-6-20(38-33-16,22(28,29)30)11-3-12(23)5-13(24)4-11)31-7-14(10)18(35)32-17-8-37-34(19(17)36)9-21(25,26)27/h2-5,7,17H,6,8-9H2,1H3,(H,32,35)/t17-,20?/m1/s1. The molecule has 2 aliphatic rings. The summed E-state index contributed by atoms with van der Waals surface area (Å²) >= 11 is 11.8. The summed E-state index contributed by atoms with van der Waals surface area (Å²) in [5, 5.41) is 5.90. The van der Waals surface area contributed by atoms with E-state index in [9.17, 15) is 35.9 Å². The van der Waals surface area contributed by atoms with Crippen molar-refractivity contribution in [2.24, 2.45) is 5.16 Å². The third kappa shape index (κ3) is 5.52. The van der Waals surface area contributed by atoms with Gasteiger partial charge in [-0.15, -0.1) is 0 Å². The predicted octanol–water partition coefficient (Wildman–Crippen LogP) is 4.71. The molecule has 0 radical (unpaired) electrons. The van der Waals surface area contributed by atoms with E-state index in [0.29, 0.717) is 0 Å². The summed E-state index contributed by atoms with van der Waals surface area (Å²) in [7, 11) is 0. The van der Waals surface area contributed by atoms with Crippen LogP contribution < -0.4 is 5.32 Å². The first kappa shape index (κ1) is 27.9. The summed E-state index contributed by atoms with van der Waals surface area (Å²) in [6, 6.07) is 3.32. The maximum Gasteiger partial charge on any atom is 0.435 e. The van der Waals surface area contributed by atoms with Gasteiger partial charge in [-0.3, -0.25) is 19.4 Å². The number of pyridine rings is 1. The molecule has 1 aromatic heterocycles. The van der Waals surface area contributed by atoms with E-state index >= 15 is 0 Å². The Kier molecular flexibility index (Phi) is 7.27. The lowest BCUT2D eigenvalue weighted by Gasteiger charge is -2.29. The van der Waals surface area contributed by atoms with Crippen molar-refractivity contribution in [3.05, 3.63) is 62.9 Å². The van der Waals surface area contributed by atoms with Gasteiger partial charge in [0.15, 0.2) is 0 Å². The number of carbonyl (C=O) groups excluding carboxylic acids is 2. The van der Waals surface area contributed by atoms with Crippen LogP contribution in [0.3, 0.4) is 0 Å². The zero-order valence-electron chi connectivity index (χ0n) is 19.1. The Morgan fingerprint density at radius 1 is 1.16 bits per heavy atom. The van der Waals surface area contributed by atoms with Crippen LogP contribution in [0.15, 0.2) is 35.6 Å². The van der Waals surface area contributed by atoms with Crippen LogP contribution in [0.25, 0.3) is 0 Å². The second-order valence-corrected chi connectivity index (χ2v) is 9.36. The zero-order chi connectivity index (χ0) is 28.0. The van der Waals surface area contributed by atoms with Crippen LogP contribution >= 0.6 is 23.2 Å². The number of carbonyl (C=O) groups is 2. The lowest BCUT2D eigenvalue weighted by molar-refractivity contribution is -0.275. The van der Waals surface area contributed by atoms with E-state index in [-0.39, 0.29) is 43.2 Å². The van der Waals surface area contributed by atoms with Gasteiger partial charge in [0.25, 0.3) is 17.4 Å². The van der Waals surface area contributed by atoms with Crippen molar-refractivity contribution in [1.29, 1.82) is 0 Å². The number of amides is 2. The van der Waals surface area contributed by atoms with Gasteiger partial charge in [-0.1, -0.05) is 28.4 Å². The normalized spacial score (nSPS) is 21.9. The topological polar surface area (TPSA) is 93.1 Å². The molecule has 2 atom stereocenters. The number of hydrogen-bond donors (Lipinski definition) is 1. The highest BCUT2D eigenvalue weighted by Crippen LogP contribution is 2.49. The van der Waals surface area contributed by atoms with Crippen LogP contribution in [0.1, 0.15) is 33.6 Å². The van der Waals surface area contributed by atoms with Crippen molar-refractivity contribution in [2.45, 2.75) is 37.3 Å². The van der Waals surface area contributed by atoms with Gasteiger partial charge in [-0.25, -0.2) is 5.06 Å². The molecule has 8 nitrogen and oxygen atoms in total. The van der Waals surface area contributed by atoms with Gasteiger partial charge in [-0.05, 0) is 36.8 Å². The smallest absolute Gasteiger partial charge is 0.374 e. The van der Waals surface area contributed by atoms with Crippen molar-refractivity contribution in [3.63, 3.8) is 0 Å². The second kappa shape index (κ2) is 9.89. The first-order valence-corrected chi connectivity index (χ1v) is 11.4. The lowest BCUT2D eigenvalue weighted by atomic mass is 9.87. The summed E-state index contributed by atoms with van der Waals surface area (Å²) in [6.45, 7) is -0.696. The Labute approximate surface area is 220 Å². The largest absolute Gasteiger partial charge is 0.435 e. The molecule has 0 spiro atoms. The molecule has 4 rings (SSSR count). The summed E-state index contributed by atoms with van der Waals surface area (Å²) < 4.78 is 80.2. The number of alkyl halides is 6. The predicted molar refractivity (Wildman–Crippen MR) is 120 cm³/mol. The molecule has 2 aromatic rings. The van der Waals surface area contributed by atoms with E-state index < -0.39 is 55.4 Å². The third-order valence-corrected chi connectivity index (χ3v) is 6.17.